The number of nitrogens with one attached hydrogen (secondary N) is 1. The number of aromatic nitrogens is 2. The summed E-state index contributed by atoms with van der Waals surface area (Å²) in [4.78, 5) is 23.5. The Bertz CT molecular complexity index is 507. The van der Waals surface area contributed by atoms with Crippen LogP contribution in [0.1, 0.15) is 54.4 Å². The number of ether oxygens (including phenoxy) is 1. The molecule has 0 spiro atoms. The minimum Gasteiger partial charge on any atom is -0.460 e. The lowest BCUT2D eigenvalue weighted by molar-refractivity contribution is -0.155. The van der Waals surface area contributed by atoms with E-state index >= 15 is 0 Å². The number of nitrogens with zero attached hydrogens (tertiary/aromatic N) is 2. The Morgan fingerprint density at radius 1 is 1.19 bits per heavy atom. The molecule has 6 nitrogen and oxygen atoms in total. The second kappa shape index (κ2) is 6.28. The van der Waals surface area contributed by atoms with E-state index in [0.29, 0.717) is 5.82 Å². The Labute approximate surface area is 125 Å². The zero-order valence-electron chi connectivity index (χ0n) is 13.7. The predicted octanol–water partition coefficient (Wildman–Crippen LogP) is 2.70. The lowest BCUT2D eigenvalue weighted by Gasteiger charge is -2.22. The quantitative estimate of drug-likeness (QED) is 0.867. The first-order valence-electron chi connectivity index (χ1n) is 7.05. The third-order valence-corrected chi connectivity index (χ3v) is 2.52. The van der Waals surface area contributed by atoms with Crippen molar-refractivity contribution in [2.45, 2.75) is 65.5 Å². The van der Waals surface area contributed by atoms with Crippen LogP contribution >= 0.6 is 0 Å². The molecule has 1 heterocycles. The highest BCUT2D eigenvalue weighted by Gasteiger charge is 2.20. The molecule has 0 aliphatic rings. The SMILES string of the molecule is CC(C)(C)OC(=O)CCC(=O)Nc1ccnn1C(C)(C)C. The Morgan fingerprint density at radius 2 is 1.81 bits per heavy atom. The van der Waals surface area contributed by atoms with Crippen LogP contribution in [0.5, 0.6) is 0 Å². The molecule has 0 fully saturated rings. The summed E-state index contributed by atoms with van der Waals surface area (Å²) >= 11 is 0. The van der Waals surface area contributed by atoms with Crippen molar-refractivity contribution in [2.24, 2.45) is 0 Å². The number of esters is 1. The number of amides is 1. The van der Waals surface area contributed by atoms with Crippen LogP contribution in [0, 0.1) is 0 Å². The Morgan fingerprint density at radius 3 is 2.33 bits per heavy atom. The van der Waals surface area contributed by atoms with Gasteiger partial charge in [0, 0.05) is 12.5 Å². The van der Waals surface area contributed by atoms with Crippen LogP contribution in [0.2, 0.25) is 0 Å². The van der Waals surface area contributed by atoms with Gasteiger partial charge in [-0.2, -0.15) is 5.10 Å². The standard InChI is InChI=1S/C15H25N3O3/c1-14(2,3)18-11(9-10-16-18)17-12(19)7-8-13(20)21-15(4,5)6/h9-10H,7-8H2,1-6H3,(H,17,19). The molecule has 0 saturated heterocycles. The Balaban J connectivity index is 2.52. The molecule has 21 heavy (non-hydrogen) atoms. The summed E-state index contributed by atoms with van der Waals surface area (Å²) in [6.45, 7) is 11.4. The van der Waals surface area contributed by atoms with Gasteiger partial charge in [-0.3, -0.25) is 9.59 Å². The second-order valence-corrected chi connectivity index (χ2v) is 6.93. The van der Waals surface area contributed by atoms with Crippen molar-refractivity contribution in [3.8, 4) is 0 Å². The van der Waals surface area contributed by atoms with E-state index in [2.05, 4.69) is 10.4 Å². The highest BCUT2D eigenvalue weighted by atomic mass is 16.6. The maximum Gasteiger partial charge on any atom is 0.306 e. The van der Waals surface area contributed by atoms with Crippen LogP contribution in [0.3, 0.4) is 0 Å². The molecular formula is C15H25N3O3. The van der Waals surface area contributed by atoms with Crippen molar-refractivity contribution in [3.63, 3.8) is 0 Å². The lowest BCUT2D eigenvalue weighted by atomic mass is 10.1. The largest absolute Gasteiger partial charge is 0.460 e. The molecule has 0 saturated carbocycles. The van der Waals surface area contributed by atoms with Crippen molar-refractivity contribution in [2.75, 3.05) is 5.32 Å². The summed E-state index contributed by atoms with van der Waals surface area (Å²) in [5.41, 5.74) is -0.754. The van der Waals surface area contributed by atoms with Crippen LogP contribution < -0.4 is 5.32 Å². The molecule has 0 bridgehead atoms. The predicted molar refractivity (Wildman–Crippen MR) is 80.9 cm³/mol. The molecule has 6 heteroatoms. The number of carbonyl (C=O) groups excluding carboxylic acids is 2. The summed E-state index contributed by atoms with van der Waals surface area (Å²) in [5.74, 6) is 0.0190. The average molecular weight is 295 g/mol. The van der Waals surface area contributed by atoms with E-state index in [1.807, 2.05) is 20.8 Å². The van der Waals surface area contributed by atoms with Crippen LogP contribution in [-0.2, 0) is 19.9 Å². The van der Waals surface area contributed by atoms with E-state index in [4.69, 9.17) is 4.74 Å². The molecule has 0 radical (unpaired) electrons. The van der Waals surface area contributed by atoms with Gasteiger partial charge in [-0.1, -0.05) is 0 Å². The number of hydrogen-bond donors (Lipinski definition) is 1. The summed E-state index contributed by atoms with van der Waals surface area (Å²) in [6.07, 6.45) is 1.78. The van der Waals surface area contributed by atoms with Crippen LogP contribution in [0.15, 0.2) is 12.3 Å². The van der Waals surface area contributed by atoms with Gasteiger partial charge in [0.25, 0.3) is 0 Å². The molecule has 1 rings (SSSR count). The zero-order chi connectivity index (χ0) is 16.3. The molecule has 1 amide bonds. The average Bonchev–Trinajstić information content (AvgIpc) is 2.71. The monoisotopic (exact) mass is 295 g/mol. The van der Waals surface area contributed by atoms with E-state index in [1.165, 1.54) is 0 Å². The summed E-state index contributed by atoms with van der Waals surface area (Å²) in [5, 5.41) is 6.96. The first-order valence-corrected chi connectivity index (χ1v) is 7.05. The molecule has 0 aromatic carbocycles. The number of rotatable bonds is 4. The molecule has 1 aromatic rings. The van der Waals surface area contributed by atoms with Gasteiger partial charge in [-0.25, -0.2) is 4.68 Å². The first kappa shape index (κ1) is 17.2. The van der Waals surface area contributed by atoms with Crippen molar-refractivity contribution in [1.82, 2.24) is 9.78 Å². The molecule has 1 N–H and O–H groups in total. The third kappa shape index (κ3) is 5.97. The van der Waals surface area contributed by atoms with E-state index in [-0.39, 0.29) is 30.3 Å². The highest BCUT2D eigenvalue weighted by molar-refractivity contribution is 5.91. The van der Waals surface area contributed by atoms with Gasteiger partial charge >= 0.3 is 5.97 Å². The highest BCUT2D eigenvalue weighted by Crippen LogP contribution is 2.19. The fraction of sp³-hybridized carbons (Fsp3) is 0.667. The van der Waals surface area contributed by atoms with Crippen LogP contribution in [-0.4, -0.2) is 27.3 Å². The minimum atomic E-state index is -0.529. The van der Waals surface area contributed by atoms with Crippen molar-refractivity contribution in [3.05, 3.63) is 12.3 Å². The van der Waals surface area contributed by atoms with E-state index < -0.39 is 5.60 Å². The van der Waals surface area contributed by atoms with Crippen LogP contribution in [0.25, 0.3) is 0 Å². The van der Waals surface area contributed by atoms with Gasteiger partial charge in [-0.15, -0.1) is 0 Å². The van der Waals surface area contributed by atoms with Gasteiger partial charge < -0.3 is 10.1 Å². The van der Waals surface area contributed by atoms with Gasteiger partial charge in [0.15, 0.2) is 0 Å². The molecule has 0 atom stereocenters. The zero-order valence-corrected chi connectivity index (χ0v) is 13.7. The van der Waals surface area contributed by atoms with Crippen molar-refractivity contribution >= 4 is 17.7 Å². The van der Waals surface area contributed by atoms with Gasteiger partial charge in [0.2, 0.25) is 5.91 Å². The molecule has 0 aliphatic heterocycles. The fourth-order valence-corrected chi connectivity index (χ4v) is 1.75. The van der Waals surface area contributed by atoms with E-state index in [9.17, 15) is 9.59 Å². The topological polar surface area (TPSA) is 73.2 Å². The normalized spacial score (nSPS) is 12.1. The van der Waals surface area contributed by atoms with Crippen molar-refractivity contribution in [1.29, 1.82) is 0 Å². The van der Waals surface area contributed by atoms with Gasteiger partial charge in [0.1, 0.15) is 11.4 Å². The number of anilines is 1. The molecule has 1 aromatic heterocycles. The molecule has 0 unspecified atom stereocenters. The smallest absolute Gasteiger partial charge is 0.306 e. The van der Waals surface area contributed by atoms with Crippen molar-refractivity contribution < 1.29 is 14.3 Å². The van der Waals surface area contributed by atoms with Gasteiger partial charge in [0.05, 0.1) is 18.2 Å². The fourth-order valence-electron chi connectivity index (χ4n) is 1.75. The van der Waals surface area contributed by atoms with E-state index in [0.717, 1.165) is 0 Å². The van der Waals surface area contributed by atoms with Gasteiger partial charge in [-0.05, 0) is 41.5 Å². The summed E-state index contributed by atoms with van der Waals surface area (Å²) in [7, 11) is 0. The third-order valence-electron chi connectivity index (χ3n) is 2.52. The Hall–Kier alpha value is -1.85. The molecule has 0 aliphatic carbocycles. The summed E-state index contributed by atoms with van der Waals surface area (Å²) in [6, 6.07) is 1.73. The first-order chi connectivity index (χ1) is 9.49. The summed E-state index contributed by atoms with van der Waals surface area (Å²) < 4.78 is 6.90. The van der Waals surface area contributed by atoms with Crippen LogP contribution in [0.4, 0.5) is 5.82 Å². The minimum absolute atomic E-state index is 0.0623. The molecular weight excluding hydrogens is 270 g/mol. The number of carbonyl (C=O) groups is 2. The maximum atomic E-state index is 11.9. The molecule has 118 valence electrons. The lowest BCUT2D eigenvalue weighted by Crippen LogP contribution is -2.27. The van der Waals surface area contributed by atoms with E-state index in [1.54, 1.807) is 37.7 Å². The number of hydrogen-bond acceptors (Lipinski definition) is 4. The maximum absolute atomic E-state index is 11.9. The second-order valence-electron chi connectivity index (χ2n) is 6.93. The Kier molecular flexibility index (Phi) is 5.15.